The zero-order valence-corrected chi connectivity index (χ0v) is 15.1. The second kappa shape index (κ2) is 4.26. The standard InChI is InChI=1S/C23H20S/c1-11-8-17-18-10-13(3)24-23(18)20-12(2)9-16-14-6-4-5-7-15(14)19(11)21(16)22(17)20/h4-7,9-10,17-18,23H,8H2,1-3H3. The van der Waals surface area contributed by atoms with E-state index in [1.54, 1.807) is 27.8 Å². The molecule has 0 saturated heterocycles. The molecule has 0 fully saturated rings. The van der Waals surface area contributed by atoms with Gasteiger partial charge in [-0.15, -0.1) is 11.8 Å². The minimum atomic E-state index is 0.658. The van der Waals surface area contributed by atoms with E-state index in [0.29, 0.717) is 17.1 Å². The van der Waals surface area contributed by atoms with Gasteiger partial charge >= 0.3 is 0 Å². The molecule has 1 heteroatoms. The molecule has 0 saturated carbocycles. The van der Waals surface area contributed by atoms with Gasteiger partial charge in [0.2, 0.25) is 0 Å². The van der Waals surface area contributed by atoms with Gasteiger partial charge in [-0.25, -0.2) is 0 Å². The van der Waals surface area contributed by atoms with E-state index in [4.69, 9.17) is 0 Å². The minimum absolute atomic E-state index is 0.658. The van der Waals surface area contributed by atoms with Gasteiger partial charge in [0, 0.05) is 11.2 Å². The molecular formula is C23H20S. The molecule has 3 atom stereocenters. The van der Waals surface area contributed by atoms with Crippen LogP contribution in [0.15, 0.2) is 46.9 Å². The third-order valence-electron chi connectivity index (χ3n) is 6.51. The molecule has 0 amide bonds. The lowest BCUT2D eigenvalue weighted by Gasteiger charge is -2.27. The highest BCUT2D eigenvalue weighted by Crippen LogP contribution is 2.66. The Morgan fingerprint density at radius 2 is 1.75 bits per heavy atom. The molecule has 4 aliphatic rings. The topological polar surface area (TPSA) is 0 Å². The molecule has 0 radical (unpaired) electrons. The Morgan fingerprint density at radius 1 is 0.958 bits per heavy atom. The number of rotatable bonds is 0. The summed E-state index contributed by atoms with van der Waals surface area (Å²) in [5, 5.41) is 0.658. The predicted octanol–water partition coefficient (Wildman–Crippen LogP) is 6.61. The monoisotopic (exact) mass is 328 g/mol. The number of hydrogen-bond donors (Lipinski definition) is 0. The van der Waals surface area contributed by atoms with E-state index in [1.807, 2.05) is 0 Å². The van der Waals surface area contributed by atoms with Crippen molar-refractivity contribution in [3.05, 3.63) is 74.7 Å². The van der Waals surface area contributed by atoms with Gasteiger partial charge < -0.3 is 0 Å². The SMILES string of the molecule is CC1=CC2C3CC(C)=C4c5ccccc5-c5cc(C)c(c3c54)C2S1. The Labute approximate surface area is 147 Å². The zero-order valence-electron chi connectivity index (χ0n) is 14.3. The molecule has 1 heterocycles. The molecule has 0 bridgehead atoms. The van der Waals surface area contributed by atoms with Crippen LogP contribution in [0.3, 0.4) is 0 Å². The number of allylic oxidation sites excluding steroid dienone is 3. The van der Waals surface area contributed by atoms with Crippen LogP contribution in [0.4, 0.5) is 0 Å². The van der Waals surface area contributed by atoms with Crippen LogP contribution in [-0.2, 0) is 0 Å². The van der Waals surface area contributed by atoms with Crippen LogP contribution >= 0.6 is 11.8 Å². The summed E-state index contributed by atoms with van der Waals surface area (Å²) in [6.07, 6.45) is 3.80. The summed E-state index contributed by atoms with van der Waals surface area (Å²) in [5.41, 5.74) is 14.0. The van der Waals surface area contributed by atoms with Crippen molar-refractivity contribution in [2.75, 3.05) is 0 Å². The number of hydrogen-bond acceptors (Lipinski definition) is 1. The van der Waals surface area contributed by atoms with E-state index in [1.165, 1.54) is 33.6 Å². The van der Waals surface area contributed by atoms with Gasteiger partial charge in [0.05, 0.1) is 0 Å². The average molecular weight is 328 g/mol. The van der Waals surface area contributed by atoms with Gasteiger partial charge in [-0.1, -0.05) is 42.0 Å². The molecule has 0 nitrogen and oxygen atoms in total. The van der Waals surface area contributed by atoms with E-state index in [2.05, 4.69) is 68.9 Å². The Kier molecular flexibility index (Phi) is 2.41. The van der Waals surface area contributed by atoms with Crippen LogP contribution < -0.4 is 0 Å². The van der Waals surface area contributed by atoms with Gasteiger partial charge in [0.15, 0.2) is 0 Å². The Bertz CT molecular complexity index is 1000. The normalized spacial score (nSPS) is 28.0. The van der Waals surface area contributed by atoms with Crippen LogP contribution in [0.2, 0.25) is 0 Å². The van der Waals surface area contributed by atoms with E-state index in [9.17, 15) is 0 Å². The Balaban J connectivity index is 1.74. The van der Waals surface area contributed by atoms with Gasteiger partial charge in [-0.3, -0.25) is 0 Å². The fourth-order valence-corrected chi connectivity index (χ4v) is 7.23. The summed E-state index contributed by atoms with van der Waals surface area (Å²) in [7, 11) is 0. The third kappa shape index (κ3) is 1.40. The van der Waals surface area contributed by atoms with Crippen molar-refractivity contribution in [1.29, 1.82) is 0 Å². The number of benzene rings is 2. The Morgan fingerprint density at radius 3 is 2.58 bits per heavy atom. The molecule has 118 valence electrons. The molecule has 3 unspecified atom stereocenters. The lowest BCUT2D eigenvalue weighted by molar-refractivity contribution is 0.540. The molecule has 2 aromatic carbocycles. The second-order valence-corrected chi connectivity index (χ2v) is 9.24. The number of fused-ring (bicyclic) bond motifs is 6. The highest BCUT2D eigenvalue weighted by Gasteiger charge is 2.49. The molecule has 24 heavy (non-hydrogen) atoms. The summed E-state index contributed by atoms with van der Waals surface area (Å²) in [5.74, 6) is 1.40. The quantitative estimate of drug-likeness (QED) is 0.447. The minimum Gasteiger partial charge on any atom is -0.122 e. The summed E-state index contributed by atoms with van der Waals surface area (Å²) in [6.45, 7) is 7.00. The average Bonchev–Trinajstić information content (AvgIpc) is 3.17. The van der Waals surface area contributed by atoms with Crippen molar-refractivity contribution >= 4 is 17.3 Å². The van der Waals surface area contributed by atoms with Crippen molar-refractivity contribution < 1.29 is 0 Å². The Hall–Kier alpha value is -1.73. The predicted molar refractivity (Wildman–Crippen MR) is 103 cm³/mol. The van der Waals surface area contributed by atoms with Crippen LogP contribution in [0, 0.1) is 12.8 Å². The summed E-state index contributed by atoms with van der Waals surface area (Å²) >= 11 is 2.10. The third-order valence-corrected chi connectivity index (χ3v) is 7.83. The van der Waals surface area contributed by atoms with Gasteiger partial charge in [-0.2, -0.15) is 0 Å². The fourth-order valence-electron chi connectivity index (χ4n) is 5.73. The van der Waals surface area contributed by atoms with Gasteiger partial charge in [-0.05, 0) is 82.5 Å². The molecule has 2 aromatic rings. The smallest absolute Gasteiger partial charge is 0.0415 e. The van der Waals surface area contributed by atoms with Crippen LogP contribution in [-0.4, -0.2) is 0 Å². The highest BCUT2D eigenvalue weighted by atomic mass is 32.2. The molecule has 0 N–H and O–H groups in total. The molecule has 3 aliphatic carbocycles. The molecule has 0 aromatic heterocycles. The molecule has 6 rings (SSSR count). The number of thioether (sulfide) groups is 1. The summed E-state index contributed by atoms with van der Waals surface area (Å²) < 4.78 is 0. The maximum atomic E-state index is 2.56. The largest absolute Gasteiger partial charge is 0.122 e. The van der Waals surface area contributed by atoms with Crippen molar-refractivity contribution in [3.8, 4) is 11.1 Å². The first-order valence-electron chi connectivity index (χ1n) is 8.97. The summed E-state index contributed by atoms with van der Waals surface area (Å²) in [6, 6.07) is 11.5. The first-order valence-corrected chi connectivity index (χ1v) is 9.85. The van der Waals surface area contributed by atoms with Crippen molar-refractivity contribution in [2.24, 2.45) is 5.92 Å². The first-order chi connectivity index (χ1) is 11.6. The molecular weight excluding hydrogens is 308 g/mol. The van der Waals surface area contributed by atoms with Gasteiger partial charge in [0.25, 0.3) is 0 Å². The molecule has 1 aliphatic heterocycles. The van der Waals surface area contributed by atoms with Crippen LogP contribution in [0.5, 0.6) is 0 Å². The lowest BCUT2D eigenvalue weighted by Crippen LogP contribution is -2.12. The van der Waals surface area contributed by atoms with Crippen molar-refractivity contribution in [3.63, 3.8) is 0 Å². The van der Waals surface area contributed by atoms with Crippen LogP contribution in [0.1, 0.15) is 59.3 Å². The maximum absolute atomic E-state index is 2.56. The highest BCUT2D eigenvalue weighted by molar-refractivity contribution is 8.03. The van der Waals surface area contributed by atoms with E-state index < -0.39 is 0 Å². The van der Waals surface area contributed by atoms with Crippen molar-refractivity contribution in [1.82, 2.24) is 0 Å². The van der Waals surface area contributed by atoms with Crippen LogP contribution in [0.25, 0.3) is 16.7 Å². The number of aryl methyl sites for hydroxylation is 1. The van der Waals surface area contributed by atoms with E-state index in [0.717, 1.165) is 0 Å². The van der Waals surface area contributed by atoms with E-state index in [-0.39, 0.29) is 0 Å². The fraction of sp³-hybridized carbons (Fsp3) is 0.304. The molecule has 0 spiro atoms. The first kappa shape index (κ1) is 13.5. The summed E-state index contributed by atoms with van der Waals surface area (Å²) in [4.78, 5) is 1.52. The lowest BCUT2D eigenvalue weighted by atomic mass is 9.76. The zero-order chi connectivity index (χ0) is 16.2. The van der Waals surface area contributed by atoms with E-state index >= 15 is 0 Å². The van der Waals surface area contributed by atoms with Gasteiger partial charge in [0.1, 0.15) is 0 Å². The second-order valence-electron chi connectivity index (χ2n) is 7.85. The maximum Gasteiger partial charge on any atom is 0.0415 e. The van der Waals surface area contributed by atoms with Crippen molar-refractivity contribution in [2.45, 2.75) is 38.4 Å².